The number of nitrogens with one attached hydrogen (secondary N) is 1. The molecular formula is C15H20N2O2S. The van der Waals surface area contributed by atoms with Crippen LogP contribution in [0.4, 0.5) is 5.69 Å². The minimum absolute atomic E-state index is 0.606. The van der Waals surface area contributed by atoms with Crippen molar-refractivity contribution in [2.45, 2.75) is 20.1 Å². The van der Waals surface area contributed by atoms with Crippen molar-refractivity contribution in [2.24, 2.45) is 0 Å². The molecule has 0 unspecified atom stereocenters. The molecule has 1 N–H and O–H groups in total. The lowest BCUT2D eigenvalue weighted by atomic mass is 10.2. The first-order valence-corrected chi connectivity index (χ1v) is 7.46. The van der Waals surface area contributed by atoms with Gasteiger partial charge in [-0.15, -0.1) is 11.3 Å². The highest BCUT2D eigenvalue weighted by Gasteiger charge is 2.00. The quantitative estimate of drug-likeness (QED) is 0.759. The standard InChI is InChI=1S/C15H20N2O2S/c1-12-17-15(11-20-12)9-16-14-5-3-4-13(8-14)10-19-7-6-18-2/h3-5,8,11,16H,6-7,9-10H2,1-2H3. The van der Waals surface area contributed by atoms with Crippen molar-refractivity contribution in [3.05, 3.63) is 45.9 Å². The SMILES string of the molecule is COCCOCc1cccc(NCc2csc(C)n2)c1. The molecule has 0 aliphatic heterocycles. The van der Waals surface area contributed by atoms with Gasteiger partial charge in [-0.2, -0.15) is 0 Å². The Bertz CT molecular complexity index is 528. The van der Waals surface area contributed by atoms with Gasteiger partial charge in [-0.1, -0.05) is 12.1 Å². The lowest BCUT2D eigenvalue weighted by molar-refractivity contribution is 0.0617. The molecule has 2 rings (SSSR count). The number of rotatable bonds is 8. The second-order valence-electron chi connectivity index (χ2n) is 4.46. The van der Waals surface area contributed by atoms with E-state index in [1.54, 1.807) is 18.4 Å². The number of ether oxygens (including phenoxy) is 2. The molecule has 0 aliphatic rings. The van der Waals surface area contributed by atoms with Gasteiger partial charge in [-0.25, -0.2) is 4.98 Å². The van der Waals surface area contributed by atoms with Crippen LogP contribution in [-0.4, -0.2) is 25.3 Å². The highest BCUT2D eigenvalue weighted by atomic mass is 32.1. The first-order valence-electron chi connectivity index (χ1n) is 6.58. The van der Waals surface area contributed by atoms with Gasteiger partial charge < -0.3 is 14.8 Å². The largest absolute Gasteiger partial charge is 0.382 e. The number of aryl methyl sites for hydroxylation is 1. The number of benzene rings is 1. The van der Waals surface area contributed by atoms with Gasteiger partial charge in [0.15, 0.2) is 0 Å². The fourth-order valence-corrected chi connectivity index (χ4v) is 2.40. The molecule has 1 aromatic heterocycles. The van der Waals surface area contributed by atoms with Crippen LogP contribution < -0.4 is 5.32 Å². The van der Waals surface area contributed by atoms with Crippen LogP contribution in [-0.2, 0) is 22.6 Å². The van der Waals surface area contributed by atoms with Crippen LogP contribution in [0.2, 0.25) is 0 Å². The number of anilines is 1. The summed E-state index contributed by atoms with van der Waals surface area (Å²) in [5.41, 5.74) is 3.32. The van der Waals surface area contributed by atoms with Crippen molar-refractivity contribution in [3.63, 3.8) is 0 Å². The number of hydrogen-bond donors (Lipinski definition) is 1. The number of thiazole rings is 1. The molecule has 0 amide bonds. The maximum atomic E-state index is 5.52. The van der Waals surface area contributed by atoms with Crippen LogP contribution in [0, 0.1) is 6.92 Å². The van der Waals surface area contributed by atoms with E-state index in [1.165, 1.54) is 0 Å². The maximum Gasteiger partial charge on any atom is 0.0898 e. The molecule has 4 nitrogen and oxygen atoms in total. The van der Waals surface area contributed by atoms with Crippen molar-refractivity contribution in [3.8, 4) is 0 Å². The average Bonchev–Trinajstić information content (AvgIpc) is 2.88. The van der Waals surface area contributed by atoms with Gasteiger partial charge >= 0.3 is 0 Å². The molecule has 1 heterocycles. The van der Waals surface area contributed by atoms with E-state index >= 15 is 0 Å². The molecule has 0 saturated carbocycles. The van der Waals surface area contributed by atoms with Crippen LogP contribution in [0.25, 0.3) is 0 Å². The van der Waals surface area contributed by atoms with Crippen molar-refractivity contribution < 1.29 is 9.47 Å². The summed E-state index contributed by atoms with van der Waals surface area (Å²) >= 11 is 1.68. The summed E-state index contributed by atoms with van der Waals surface area (Å²) < 4.78 is 10.5. The van der Waals surface area contributed by atoms with Gasteiger partial charge in [0.1, 0.15) is 0 Å². The van der Waals surface area contributed by atoms with E-state index in [0.717, 1.165) is 28.5 Å². The van der Waals surface area contributed by atoms with E-state index in [-0.39, 0.29) is 0 Å². The van der Waals surface area contributed by atoms with E-state index in [4.69, 9.17) is 9.47 Å². The van der Waals surface area contributed by atoms with Crippen LogP contribution >= 0.6 is 11.3 Å². The molecule has 2 aromatic rings. The Morgan fingerprint density at radius 3 is 2.95 bits per heavy atom. The lowest BCUT2D eigenvalue weighted by Gasteiger charge is -2.08. The molecule has 0 spiro atoms. The van der Waals surface area contributed by atoms with Crippen molar-refractivity contribution in [2.75, 3.05) is 25.6 Å². The smallest absolute Gasteiger partial charge is 0.0898 e. The Morgan fingerprint density at radius 2 is 2.20 bits per heavy atom. The van der Waals surface area contributed by atoms with Gasteiger partial charge in [0.05, 0.1) is 37.1 Å². The Morgan fingerprint density at radius 1 is 1.30 bits per heavy atom. The zero-order valence-electron chi connectivity index (χ0n) is 11.9. The minimum Gasteiger partial charge on any atom is -0.382 e. The lowest BCUT2D eigenvalue weighted by Crippen LogP contribution is -2.03. The predicted molar refractivity (Wildman–Crippen MR) is 82.2 cm³/mol. The molecule has 1 aromatic carbocycles. The van der Waals surface area contributed by atoms with Gasteiger partial charge in [0.25, 0.3) is 0 Å². The van der Waals surface area contributed by atoms with E-state index in [1.807, 2.05) is 13.0 Å². The molecule has 5 heteroatoms. The third-order valence-electron chi connectivity index (χ3n) is 2.77. The minimum atomic E-state index is 0.606. The molecule has 108 valence electrons. The van der Waals surface area contributed by atoms with Gasteiger partial charge in [0.2, 0.25) is 0 Å². The van der Waals surface area contributed by atoms with E-state index < -0.39 is 0 Å². The highest BCUT2D eigenvalue weighted by molar-refractivity contribution is 7.09. The molecule has 0 atom stereocenters. The summed E-state index contributed by atoms with van der Waals surface area (Å²) in [5, 5.41) is 6.56. The van der Waals surface area contributed by atoms with E-state index in [2.05, 4.69) is 33.9 Å². The molecular weight excluding hydrogens is 272 g/mol. The fourth-order valence-electron chi connectivity index (χ4n) is 1.79. The zero-order chi connectivity index (χ0) is 14.2. The average molecular weight is 292 g/mol. The topological polar surface area (TPSA) is 43.4 Å². The highest BCUT2D eigenvalue weighted by Crippen LogP contribution is 2.14. The Labute approximate surface area is 123 Å². The van der Waals surface area contributed by atoms with Crippen molar-refractivity contribution >= 4 is 17.0 Å². The van der Waals surface area contributed by atoms with Crippen LogP contribution in [0.5, 0.6) is 0 Å². The maximum absolute atomic E-state index is 5.52. The molecule has 0 bridgehead atoms. The zero-order valence-corrected chi connectivity index (χ0v) is 12.7. The summed E-state index contributed by atoms with van der Waals surface area (Å²) in [4.78, 5) is 4.44. The third kappa shape index (κ3) is 4.92. The molecule has 0 fully saturated rings. The molecule has 0 saturated heterocycles. The summed E-state index contributed by atoms with van der Waals surface area (Å²) in [6.07, 6.45) is 0. The summed E-state index contributed by atoms with van der Waals surface area (Å²) in [6, 6.07) is 8.25. The van der Waals surface area contributed by atoms with Crippen molar-refractivity contribution in [1.82, 2.24) is 4.98 Å². The third-order valence-corrected chi connectivity index (χ3v) is 3.59. The van der Waals surface area contributed by atoms with Crippen LogP contribution in [0.3, 0.4) is 0 Å². The number of methoxy groups -OCH3 is 1. The number of aromatic nitrogens is 1. The predicted octanol–water partition coefficient (Wildman–Crippen LogP) is 3.23. The summed E-state index contributed by atoms with van der Waals surface area (Å²) in [7, 11) is 1.67. The number of hydrogen-bond acceptors (Lipinski definition) is 5. The van der Waals surface area contributed by atoms with Gasteiger partial charge in [-0.3, -0.25) is 0 Å². The molecule has 0 aliphatic carbocycles. The molecule has 20 heavy (non-hydrogen) atoms. The number of nitrogens with zero attached hydrogens (tertiary/aromatic N) is 1. The fraction of sp³-hybridized carbons (Fsp3) is 0.400. The molecule has 0 radical (unpaired) electrons. The first kappa shape index (κ1) is 15.0. The normalized spacial score (nSPS) is 10.7. The van der Waals surface area contributed by atoms with Gasteiger partial charge in [0, 0.05) is 18.2 Å². The first-order chi connectivity index (χ1) is 9.78. The second kappa shape index (κ2) is 7.99. The van der Waals surface area contributed by atoms with E-state index in [9.17, 15) is 0 Å². The Hall–Kier alpha value is -1.43. The summed E-state index contributed by atoms with van der Waals surface area (Å²) in [6.45, 7) is 4.62. The van der Waals surface area contributed by atoms with Crippen LogP contribution in [0.15, 0.2) is 29.6 Å². The Balaban J connectivity index is 1.82. The van der Waals surface area contributed by atoms with Crippen molar-refractivity contribution in [1.29, 1.82) is 0 Å². The Kier molecular flexibility index (Phi) is 5.98. The second-order valence-corrected chi connectivity index (χ2v) is 5.52. The summed E-state index contributed by atoms with van der Waals surface area (Å²) in [5.74, 6) is 0. The van der Waals surface area contributed by atoms with Gasteiger partial charge in [-0.05, 0) is 24.6 Å². The van der Waals surface area contributed by atoms with Crippen LogP contribution in [0.1, 0.15) is 16.3 Å². The monoisotopic (exact) mass is 292 g/mol. The van der Waals surface area contributed by atoms with E-state index in [0.29, 0.717) is 19.8 Å².